The molecule has 0 amide bonds. The molecule has 1 unspecified atom stereocenters. The third-order valence-electron chi connectivity index (χ3n) is 6.15. The number of hydrogen-bond donors (Lipinski definition) is 2. The molecule has 2 bridgehead atoms. The predicted molar refractivity (Wildman–Crippen MR) is 112 cm³/mol. The quantitative estimate of drug-likeness (QED) is 0.603. The molecule has 0 aliphatic heterocycles. The smallest absolute Gasteiger partial charge is 0.309 e. The molecule has 3 N–H and O–H groups in total. The molecule has 9 heteroatoms. The minimum atomic E-state index is -0.692. The number of esters is 1. The van der Waals surface area contributed by atoms with Crippen molar-refractivity contribution in [3.05, 3.63) is 36.3 Å². The summed E-state index contributed by atoms with van der Waals surface area (Å²) in [5.41, 5.74) is 6.39. The molecule has 3 aromatic rings. The first kappa shape index (κ1) is 21.1. The summed E-state index contributed by atoms with van der Waals surface area (Å²) in [7, 11) is 0. The van der Waals surface area contributed by atoms with Crippen LogP contribution in [0.25, 0.3) is 22.4 Å². The third-order valence-corrected chi connectivity index (χ3v) is 6.15. The average Bonchev–Trinajstić information content (AvgIpc) is 3.20. The van der Waals surface area contributed by atoms with Crippen LogP contribution in [0.1, 0.15) is 39.0 Å². The number of aromatic nitrogens is 4. The molecule has 164 valence electrons. The van der Waals surface area contributed by atoms with Crippen molar-refractivity contribution in [3.8, 4) is 11.4 Å². The van der Waals surface area contributed by atoms with E-state index in [1.54, 1.807) is 6.20 Å². The molecule has 1 atom stereocenters. The van der Waals surface area contributed by atoms with Gasteiger partial charge < -0.3 is 15.5 Å². The van der Waals surface area contributed by atoms with Crippen LogP contribution in [0.5, 0.6) is 0 Å². The Kier molecular flexibility index (Phi) is 6.11. The second-order valence-electron chi connectivity index (χ2n) is 8.05. The molecule has 3 aliphatic carbocycles. The summed E-state index contributed by atoms with van der Waals surface area (Å²) in [5, 5.41) is 0.515. The number of aromatic amines is 1. The van der Waals surface area contributed by atoms with E-state index in [2.05, 4.69) is 19.9 Å². The molecule has 3 heterocycles. The van der Waals surface area contributed by atoms with Gasteiger partial charge in [0.15, 0.2) is 17.5 Å². The lowest BCUT2D eigenvalue weighted by atomic mass is 9.65. The number of carbonyl (C=O) groups excluding carboxylic acids is 1. The van der Waals surface area contributed by atoms with Crippen LogP contribution >= 0.6 is 0 Å². The van der Waals surface area contributed by atoms with Gasteiger partial charge in [-0.3, -0.25) is 4.79 Å². The molecule has 3 aromatic heterocycles. The second kappa shape index (κ2) is 8.95. The van der Waals surface area contributed by atoms with Gasteiger partial charge in [-0.05, 0) is 44.1 Å². The summed E-state index contributed by atoms with van der Waals surface area (Å²) in [6, 6.07) is 1.30. The summed E-state index contributed by atoms with van der Waals surface area (Å²) >= 11 is 0. The van der Waals surface area contributed by atoms with Gasteiger partial charge in [-0.1, -0.05) is 12.8 Å². The number of rotatable bonds is 3. The van der Waals surface area contributed by atoms with E-state index < -0.39 is 11.6 Å². The molecule has 3 fully saturated rings. The van der Waals surface area contributed by atoms with Gasteiger partial charge in [0.2, 0.25) is 0 Å². The van der Waals surface area contributed by atoms with Crippen LogP contribution in [0.15, 0.2) is 24.7 Å². The highest BCUT2D eigenvalue weighted by molar-refractivity contribution is 5.91. The topological polar surface area (TPSA) is 107 Å². The molecule has 0 aromatic carbocycles. The molecular weight excluding hydrogens is 404 g/mol. The molecule has 3 aliphatic rings. The number of pyridine rings is 1. The number of halogens is 2. The Morgan fingerprint density at radius 3 is 2.65 bits per heavy atom. The maximum absolute atomic E-state index is 13.2. The van der Waals surface area contributed by atoms with Gasteiger partial charge in [0.25, 0.3) is 0 Å². The van der Waals surface area contributed by atoms with Gasteiger partial charge in [-0.2, -0.15) is 0 Å². The van der Waals surface area contributed by atoms with Crippen LogP contribution < -0.4 is 5.73 Å². The van der Waals surface area contributed by atoms with E-state index in [1.165, 1.54) is 31.7 Å². The van der Waals surface area contributed by atoms with Crippen molar-refractivity contribution < 1.29 is 18.3 Å². The third kappa shape index (κ3) is 4.50. The van der Waals surface area contributed by atoms with Crippen LogP contribution in [0.2, 0.25) is 0 Å². The number of H-pyrrole nitrogens is 1. The fraction of sp³-hybridized carbons (Fsp3) is 0.455. The largest absolute Gasteiger partial charge is 0.466 e. The van der Waals surface area contributed by atoms with E-state index in [0.29, 0.717) is 29.1 Å². The molecule has 6 rings (SSSR count). The number of fused-ring (bicyclic) bond motifs is 4. The highest BCUT2D eigenvalue weighted by Gasteiger charge is 2.39. The van der Waals surface area contributed by atoms with E-state index in [4.69, 9.17) is 10.5 Å². The van der Waals surface area contributed by atoms with Gasteiger partial charge in [0.05, 0.1) is 24.9 Å². The van der Waals surface area contributed by atoms with Crippen molar-refractivity contribution in [3.63, 3.8) is 0 Å². The van der Waals surface area contributed by atoms with Crippen molar-refractivity contribution in [1.29, 1.82) is 0 Å². The number of nitrogens with zero attached hydrogens (tertiary/aromatic N) is 3. The van der Waals surface area contributed by atoms with Gasteiger partial charge in [0.1, 0.15) is 11.5 Å². The molecule has 0 saturated heterocycles. The summed E-state index contributed by atoms with van der Waals surface area (Å²) in [6.07, 6.45) is 9.96. The fourth-order valence-corrected chi connectivity index (χ4v) is 4.59. The Morgan fingerprint density at radius 2 is 2.00 bits per heavy atom. The Labute approximate surface area is 178 Å². The van der Waals surface area contributed by atoms with Gasteiger partial charge in [-0.15, -0.1) is 0 Å². The molecule has 0 radical (unpaired) electrons. The lowest BCUT2D eigenvalue weighted by molar-refractivity contribution is -0.153. The van der Waals surface area contributed by atoms with E-state index in [-0.39, 0.29) is 23.5 Å². The van der Waals surface area contributed by atoms with Crippen LogP contribution in [-0.2, 0) is 9.53 Å². The second-order valence-corrected chi connectivity index (χ2v) is 8.05. The van der Waals surface area contributed by atoms with Crippen molar-refractivity contribution >= 4 is 22.8 Å². The number of anilines is 1. The first-order chi connectivity index (χ1) is 15.0. The van der Waals surface area contributed by atoms with Crippen LogP contribution in [0.4, 0.5) is 14.6 Å². The standard InChI is InChI=1S/C11H7F2N5.C11H18O2/c12-5-1-6-7(3-16-10(6)15-2-5)11-17-4-8(13)9(14)18-11;1-2-13-11(12)10-7-8-3-5-9(10)6-4-8/h1-4H,(H,15,16)(H2,14,17,18);8-10H,2-7H2,1H3. The zero-order chi connectivity index (χ0) is 22.0. The maximum atomic E-state index is 13.2. The maximum Gasteiger partial charge on any atom is 0.309 e. The van der Waals surface area contributed by atoms with Crippen molar-refractivity contribution in [1.82, 2.24) is 19.9 Å². The monoisotopic (exact) mass is 429 g/mol. The lowest BCUT2D eigenvalue weighted by Gasteiger charge is -2.40. The molecule has 0 spiro atoms. The minimum Gasteiger partial charge on any atom is -0.466 e. The van der Waals surface area contributed by atoms with Crippen molar-refractivity contribution in [2.45, 2.75) is 39.0 Å². The van der Waals surface area contributed by atoms with Gasteiger partial charge in [-0.25, -0.2) is 23.7 Å². The number of ether oxygens (including phenoxy) is 1. The minimum absolute atomic E-state index is 0.0666. The van der Waals surface area contributed by atoms with Crippen molar-refractivity contribution in [2.75, 3.05) is 12.3 Å². The number of hydrogen-bond acceptors (Lipinski definition) is 6. The van der Waals surface area contributed by atoms with Crippen LogP contribution in [0.3, 0.4) is 0 Å². The highest BCUT2D eigenvalue weighted by Crippen LogP contribution is 2.45. The normalized spacial score (nSPS) is 22.1. The van der Waals surface area contributed by atoms with Gasteiger partial charge >= 0.3 is 5.97 Å². The lowest BCUT2D eigenvalue weighted by Crippen LogP contribution is -2.36. The fourth-order valence-electron chi connectivity index (χ4n) is 4.59. The first-order valence-electron chi connectivity index (χ1n) is 10.5. The molecular formula is C22H25F2N5O2. The summed E-state index contributed by atoms with van der Waals surface area (Å²) in [4.78, 5) is 25.9. The summed E-state index contributed by atoms with van der Waals surface area (Å²) in [6.45, 7) is 2.42. The van der Waals surface area contributed by atoms with Crippen LogP contribution in [-0.4, -0.2) is 32.5 Å². The Morgan fingerprint density at radius 1 is 1.23 bits per heavy atom. The van der Waals surface area contributed by atoms with E-state index >= 15 is 0 Å². The Hall–Kier alpha value is -3.10. The number of nitrogens with two attached hydrogens (primary N) is 1. The average molecular weight is 429 g/mol. The Balaban J connectivity index is 0.000000158. The van der Waals surface area contributed by atoms with Gasteiger partial charge in [0, 0.05) is 17.1 Å². The Bertz CT molecular complexity index is 1080. The highest BCUT2D eigenvalue weighted by atomic mass is 19.1. The molecule has 31 heavy (non-hydrogen) atoms. The molecule has 7 nitrogen and oxygen atoms in total. The summed E-state index contributed by atoms with van der Waals surface area (Å²) < 4.78 is 31.2. The number of nitrogens with one attached hydrogen (secondary N) is 1. The molecule has 3 saturated carbocycles. The zero-order valence-corrected chi connectivity index (χ0v) is 17.3. The number of nitrogen functional groups attached to an aromatic ring is 1. The van der Waals surface area contributed by atoms with Crippen LogP contribution in [0, 0.1) is 29.4 Å². The van der Waals surface area contributed by atoms with E-state index in [0.717, 1.165) is 24.7 Å². The number of carbonyl (C=O) groups is 1. The SMILES string of the molecule is CCOC(=O)C1CC2CCC1CC2.Nc1nc(-c2c[nH]c3ncc(F)cc23)ncc1F. The van der Waals surface area contributed by atoms with E-state index in [9.17, 15) is 13.6 Å². The van der Waals surface area contributed by atoms with E-state index in [1.807, 2.05) is 6.92 Å². The first-order valence-corrected chi connectivity index (χ1v) is 10.5. The predicted octanol–water partition coefficient (Wildman–Crippen LogP) is 4.26. The summed E-state index contributed by atoms with van der Waals surface area (Å²) in [5.74, 6) is 0.570. The zero-order valence-electron chi connectivity index (χ0n) is 17.3. The van der Waals surface area contributed by atoms with Crippen molar-refractivity contribution in [2.24, 2.45) is 17.8 Å².